The minimum atomic E-state index is -1.03. The molecule has 20 heavy (non-hydrogen) atoms. The zero-order chi connectivity index (χ0) is 15.1. The average Bonchev–Trinajstić information content (AvgIpc) is 2.93. The summed E-state index contributed by atoms with van der Waals surface area (Å²) in [6.07, 6.45) is 0. The number of carboxylic acid groups (broad SMARTS) is 1. The lowest BCUT2D eigenvalue weighted by molar-refractivity contribution is -0.140. The lowest BCUT2D eigenvalue weighted by Gasteiger charge is -2.08. The van der Waals surface area contributed by atoms with Crippen molar-refractivity contribution in [2.24, 2.45) is 17.3 Å². The van der Waals surface area contributed by atoms with Crippen LogP contribution in [0.1, 0.15) is 19.4 Å². The molecule has 0 bridgehead atoms. The Balaban J connectivity index is 2.21. The van der Waals surface area contributed by atoms with E-state index in [1.165, 1.54) is 12.1 Å². The Bertz CT molecular complexity index is 634. The SMILES string of the molecule is CC1(C)[C@H](C(=O)O)[C@@H]1C(=O)Nc1cccc(F)c1C#N. The molecule has 0 aliphatic heterocycles. The van der Waals surface area contributed by atoms with Crippen molar-refractivity contribution in [3.63, 3.8) is 0 Å². The molecule has 0 spiro atoms. The number of nitrogens with one attached hydrogen (secondary N) is 1. The second kappa shape index (κ2) is 4.60. The number of halogens is 1. The number of hydrogen-bond acceptors (Lipinski definition) is 3. The van der Waals surface area contributed by atoms with Gasteiger partial charge in [0.2, 0.25) is 5.91 Å². The molecule has 1 fully saturated rings. The van der Waals surface area contributed by atoms with Gasteiger partial charge in [-0.3, -0.25) is 9.59 Å². The molecule has 0 saturated heterocycles. The summed E-state index contributed by atoms with van der Waals surface area (Å²) < 4.78 is 13.4. The molecule has 0 radical (unpaired) electrons. The van der Waals surface area contributed by atoms with Gasteiger partial charge in [-0.05, 0) is 17.5 Å². The predicted octanol–water partition coefficient (Wildman–Crippen LogP) is 1.99. The monoisotopic (exact) mass is 276 g/mol. The number of benzene rings is 1. The molecule has 1 aliphatic carbocycles. The van der Waals surface area contributed by atoms with E-state index < -0.39 is 34.9 Å². The van der Waals surface area contributed by atoms with Crippen LogP contribution in [0.5, 0.6) is 0 Å². The van der Waals surface area contributed by atoms with Crippen molar-refractivity contribution < 1.29 is 19.1 Å². The van der Waals surface area contributed by atoms with E-state index in [1.807, 2.05) is 0 Å². The Morgan fingerprint density at radius 3 is 2.55 bits per heavy atom. The lowest BCUT2D eigenvalue weighted by Crippen LogP contribution is -2.18. The maximum atomic E-state index is 13.4. The fourth-order valence-electron chi connectivity index (χ4n) is 2.54. The van der Waals surface area contributed by atoms with E-state index in [9.17, 15) is 14.0 Å². The summed E-state index contributed by atoms with van der Waals surface area (Å²) in [5.74, 6) is -3.72. The van der Waals surface area contributed by atoms with E-state index in [2.05, 4.69) is 5.32 Å². The van der Waals surface area contributed by atoms with Gasteiger partial charge in [0.25, 0.3) is 0 Å². The van der Waals surface area contributed by atoms with Crippen LogP contribution in [-0.4, -0.2) is 17.0 Å². The number of anilines is 1. The summed E-state index contributed by atoms with van der Waals surface area (Å²) in [6.45, 7) is 3.37. The number of hydrogen-bond donors (Lipinski definition) is 2. The molecule has 1 aromatic rings. The van der Waals surface area contributed by atoms with Crippen LogP contribution in [0.15, 0.2) is 18.2 Å². The van der Waals surface area contributed by atoms with Crippen LogP contribution in [-0.2, 0) is 9.59 Å². The molecular weight excluding hydrogens is 263 g/mol. The van der Waals surface area contributed by atoms with Gasteiger partial charge in [0.1, 0.15) is 17.4 Å². The third-order valence-corrected chi connectivity index (χ3v) is 3.76. The number of nitriles is 1. The molecule has 1 saturated carbocycles. The van der Waals surface area contributed by atoms with Gasteiger partial charge in [-0.15, -0.1) is 0 Å². The van der Waals surface area contributed by atoms with Crippen LogP contribution in [0, 0.1) is 34.4 Å². The highest BCUT2D eigenvalue weighted by Gasteiger charge is 2.65. The number of aliphatic carboxylic acids is 1. The van der Waals surface area contributed by atoms with Gasteiger partial charge in [0, 0.05) is 0 Å². The second-order valence-corrected chi connectivity index (χ2v) is 5.38. The van der Waals surface area contributed by atoms with Crippen LogP contribution < -0.4 is 5.32 Å². The van der Waals surface area contributed by atoms with E-state index >= 15 is 0 Å². The molecule has 0 unspecified atom stereocenters. The normalized spacial score (nSPS) is 22.7. The topological polar surface area (TPSA) is 90.2 Å². The summed E-state index contributed by atoms with van der Waals surface area (Å²) >= 11 is 0. The van der Waals surface area contributed by atoms with E-state index in [4.69, 9.17) is 10.4 Å². The zero-order valence-electron chi connectivity index (χ0n) is 11.0. The van der Waals surface area contributed by atoms with Gasteiger partial charge in [-0.1, -0.05) is 19.9 Å². The summed E-state index contributed by atoms with van der Waals surface area (Å²) in [7, 11) is 0. The largest absolute Gasteiger partial charge is 0.481 e. The molecule has 5 nitrogen and oxygen atoms in total. The smallest absolute Gasteiger partial charge is 0.307 e. The summed E-state index contributed by atoms with van der Waals surface area (Å²) in [5, 5.41) is 20.3. The molecular formula is C14H13FN2O3. The first-order chi connectivity index (χ1) is 9.30. The van der Waals surface area contributed by atoms with Crippen molar-refractivity contribution in [2.75, 3.05) is 5.32 Å². The lowest BCUT2D eigenvalue weighted by atomic mass is 10.1. The molecule has 0 heterocycles. The van der Waals surface area contributed by atoms with Gasteiger partial charge in [0.05, 0.1) is 17.5 Å². The van der Waals surface area contributed by atoms with Gasteiger partial charge in [-0.25, -0.2) is 4.39 Å². The van der Waals surface area contributed by atoms with Crippen molar-refractivity contribution in [3.8, 4) is 6.07 Å². The highest BCUT2D eigenvalue weighted by molar-refractivity contribution is 6.00. The Morgan fingerprint density at radius 1 is 1.40 bits per heavy atom. The minimum Gasteiger partial charge on any atom is -0.481 e. The summed E-state index contributed by atoms with van der Waals surface area (Å²) in [4.78, 5) is 23.1. The van der Waals surface area contributed by atoms with Crippen molar-refractivity contribution in [2.45, 2.75) is 13.8 Å². The highest BCUT2D eigenvalue weighted by Crippen LogP contribution is 2.58. The van der Waals surface area contributed by atoms with Gasteiger partial charge < -0.3 is 10.4 Å². The van der Waals surface area contributed by atoms with Crippen LogP contribution >= 0.6 is 0 Å². The maximum Gasteiger partial charge on any atom is 0.307 e. The molecule has 1 aromatic carbocycles. The average molecular weight is 276 g/mol. The van der Waals surface area contributed by atoms with Crippen LogP contribution in [0.4, 0.5) is 10.1 Å². The van der Waals surface area contributed by atoms with E-state index in [0.717, 1.165) is 6.07 Å². The first-order valence-electron chi connectivity index (χ1n) is 6.03. The second-order valence-electron chi connectivity index (χ2n) is 5.38. The van der Waals surface area contributed by atoms with E-state index in [1.54, 1.807) is 19.9 Å². The Morgan fingerprint density at radius 2 is 2.05 bits per heavy atom. The summed E-state index contributed by atoms with van der Waals surface area (Å²) in [5.41, 5.74) is -0.841. The number of carbonyl (C=O) groups excluding carboxylic acids is 1. The summed E-state index contributed by atoms with van der Waals surface area (Å²) in [6, 6.07) is 5.58. The molecule has 104 valence electrons. The molecule has 1 aliphatic rings. The van der Waals surface area contributed by atoms with Gasteiger partial charge >= 0.3 is 5.97 Å². The third kappa shape index (κ3) is 2.11. The van der Waals surface area contributed by atoms with Crippen LogP contribution in [0.25, 0.3) is 0 Å². The van der Waals surface area contributed by atoms with Crippen molar-refractivity contribution in [1.82, 2.24) is 0 Å². The fourth-order valence-corrected chi connectivity index (χ4v) is 2.54. The van der Waals surface area contributed by atoms with Crippen molar-refractivity contribution >= 4 is 17.6 Å². The van der Waals surface area contributed by atoms with Crippen LogP contribution in [0.2, 0.25) is 0 Å². The van der Waals surface area contributed by atoms with Crippen molar-refractivity contribution in [3.05, 3.63) is 29.6 Å². The first-order valence-corrected chi connectivity index (χ1v) is 6.03. The Kier molecular flexibility index (Phi) is 3.22. The predicted molar refractivity (Wildman–Crippen MR) is 68.1 cm³/mol. The molecule has 2 rings (SSSR count). The van der Waals surface area contributed by atoms with Gasteiger partial charge in [-0.2, -0.15) is 5.26 Å². The third-order valence-electron chi connectivity index (χ3n) is 3.76. The van der Waals surface area contributed by atoms with Gasteiger partial charge in [0.15, 0.2) is 0 Å². The number of carboxylic acids is 1. The highest BCUT2D eigenvalue weighted by atomic mass is 19.1. The molecule has 0 aromatic heterocycles. The van der Waals surface area contributed by atoms with E-state index in [0.29, 0.717) is 0 Å². The maximum absolute atomic E-state index is 13.4. The Hall–Kier alpha value is -2.42. The van der Waals surface area contributed by atoms with Crippen LogP contribution in [0.3, 0.4) is 0 Å². The van der Waals surface area contributed by atoms with Crippen molar-refractivity contribution in [1.29, 1.82) is 5.26 Å². The first kappa shape index (κ1) is 14.0. The zero-order valence-corrected chi connectivity index (χ0v) is 11.0. The standard InChI is InChI=1S/C14H13FN2O3/c1-14(2)10(11(14)13(19)20)12(18)17-9-5-3-4-8(15)7(9)6-16/h3-5,10-11H,1-2H3,(H,17,18)(H,19,20)/t10-,11+/m1/s1. The molecule has 1 amide bonds. The minimum absolute atomic E-state index is 0.0596. The number of rotatable bonds is 3. The molecule has 2 N–H and O–H groups in total. The quantitative estimate of drug-likeness (QED) is 0.883. The molecule has 6 heteroatoms. The fraction of sp³-hybridized carbons (Fsp3) is 0.357. The van der Waals surface area contributed by atoms with E-state index in [-0.39, 0.29) is 11.3 Å². The number of nitrogens with zero attached hydrogens (tertiary/aromatic N) is 1. The number of carbonyl (C=O) groups is 2. The Labute approximate surface area is 115 Å². The number of amides is 1. The molecule has 2 atom stereocenters.